The van der Waals surface area contributed by atoms with Crippen molar-refractivity contribution in [2.75, 3.05) is 21.0 Å². The molecule has 12 heteroatoms. The smallest absolute Gasteiger partial charge is 0.399 e. The number of ether oxygens (including phenoxy) is 2. The number of para-hydroxylation sites is 1. The van der Waals surface area contributed by atoms with E-state index in [0.717, 1.165) is 5.56 Å². The zero-order valence-corrected chi connectivity index (χ0v) is 18.8. The number of nitrogens with one attached hydrogen (secondary N) is 1. The van der Waals surface area contributed by atoms with Crippen molar-refractivity contribution >= 4 is 28.7 Å². The van der Waals surface area contributed by atoms with E-state index in [1.54, 1.807) is 19.4 Å². The van der Waals surface area contributed by atoms with E-state index in [4.69, 9.17) is 54.6 Å². The molecule has 0 bridgehead atoms. The van der Waals surface area contributed by atoms with Crippen LogP contribution >= 0.6 is 20.8 Å². The van der Waals surface area contributed by atoms with Gasteiger partial charge < -0.3 is 19.1 Å². The maximum atomic E-state index is 11.5. The molecule has 1 aliphatic heterocycles. The molecule has 0 fully saturated rings. The predicted molar refractivity (Wildman–Crippen MR) is 118 cm³/mol. The molecule has 2 radical (unpaired) electrons. The van der Waals surface area contributed by atoms with Crippen LogP contribution in [0.1, 0.15) is 17.5 Å². The summed E-state index contributed by atoms with van der Waals surface area (Å²) in [5, 5.41) is 8.60. The summed E-state index contributed by atoms with van der Waals surface area (Å²) in [6.45, 7) is 0.406. The topological polar surface area (TPSA) is 104 Å². The SMILES string of the molecule is COc1cccc2c1OP(OCO)OC2.[B][C@H](CCn1cc(C#C)c(=S)[nH]c1=O)OC. The van der Waals surface area contributed by atoms with E-state index in [2.05, 4.69) is 10.9 Å². The lowest BCUT2D eigenvalue weighted by atomic mass is 9.97. The first kappa shape index (κ1) is 25.1. The number of aryl methyl sites for hydroxylation is 1. The van der Waals surface area contributed by atoms with Gasteiger partial charge in [-0.05, 0) is 12.5 Å². The molecule has 1 unspecified atom stereocenters. The third-order valence-corrected chi connectivity index (χ3v) is 5.38. The first-order valence-electron chi connectivity index (χ1n) is 9.02. The zero-order valence-electron chi connectivity index (χ0n) is 17.1. The van der Waals surface area contributed by atoms with Crippen molar-refractivity contribution in [3.05, 3.63) is 50.6 Å². The molecule has 31 heavy (non-hydrogen) atoms. The Morgan fingerprint density at radius 3 is 2.90 bits per heavy atom. The van der Waals surface area contributed by atoms with Gasteiger partial charge in [0.1, 0.15) is 12.5 Å². The Morgan fingerprint density at radius 1 is 1.48 bits per heavy atom. The third kappa shape index (κ3) is 7.18. The summed E-state index contributed by atoms with van der Waals surface area (Å²) in [6.07, 6.45) is 7.31. The molecule has 3 rings (SSSR count). The number of hydrogen-bond acceptors (Lipinski definition) is 8. The average molecular weight is 464 g/mol. The van der Waals surface area contributed by atoms with Gasteiger partial charge in [0, 0.05) is 31.4 Å². The lowest BCUT2D eigenvalue weighted by molar-refractivity contribution is 0.0701. The molecule has 0 amide bonds. The highest BCUT2D eigenvalue weighted by Gasteiger charge is 2.25. The fourth-order valence-electron chi connectivity index (χ4n) is 2.44. The molecule has 2 heterocycles. The number of rotatable bonds is 7. The lowest BCUT2D eigenvalue weighted by Gasteiger charge is -2.24. The largest absolute Gasteiger partial charge is 0.493 e. The molecule has 2 N–H and O–H groups in total. The monoisotopic (exact) mass is 464 g/mol. The van der Waals surface area contributed by atoms with Crippen LogP contribution in [-0.4, -0.2) is 49.5 Å². The van der Waals surface area contributed by atoms with E-state index in [1.165, 1.54) is 11.7 Å². The summed E-state index contributed by atoms with van der Waals surface area (Å²) in [7, 11) is 7.14. The van der Waals surface area contributed by atoms with E-state index in [-0.39, 0.29) is 10.3 Å². The van der Waals surface area contributed by atoms with E-state index < -0.39 is 21.4 Å². The van der Waals surface area contributed by atoms with Gasteiger partial charge >= 0.3 is 14.3 Å². The average Bonchev–Trinajstić information content (AvgIpc) is 2.78. The van der Waals surface area contributed by atoms with Crippen molar-refractivity contribution in [1.29, 1.82) is 0 Å². The summed E-state index contributed by atoms with van der Waals surface area (Å²) in [5.41, 5.74) is 1.10. The Bertz CT molecular complexity index is 1010. The molecule has 0 spiro atoms. The van der Waals surface area contributed by atoms with Crippen molar-refractivity contribution in [2.45, 2.75) is 25.6 Å². The number of aliphatic hydroxyl groups is 1. The Morgan fingerprint density at radius 2 is 2.26 bits per heavy atom. The number of methoxy groups -OCH3 is 2. The van der Waals surface area contributed by atoms with Crippen LogP contribution in [0, 0.1) is 17.0 Å². The highest BCUT2D eigenvalue weighted by atomic mass is 32.1. The highest BCUT2D eigenvalue weighted by molar-refractivity contribution is 7.71. The lowest BCUT2D eigenvalue weighted by Crippen LogP contribution is -2.25. The fraction of sp³-hybridized carbons (Fsp3) is 0.368. The Balaban J connectivity index is 0.000000220. The van der Waals surface area contributed by atoms with Crippen molar-refractivity contribution in [3.8, 4) is 23.8 Å². The van der Waals surface area contributed by atoms with Crippen LogP contribution in [-0.2, 0) is 26.9 Å². The zero-order chi connectivity index (χ0) is 22.8. The number of benzene rings is 1. The second-order valence-electron chi connectivity index (χ2n) is 6.00. The third-order valence-electron chi connectivity index (χ3n) is 4.06. The van der Waals surface area contributed by atoms with Gasteiger partial charge in [0.2, 0.25) is 0 Å². The normalized spacial score (nSPS) is 15.5. The number of aliphatic hydroxyl groups excluding tert-OH is 1. The van der Waals surface area contributed by atoms with Crippen LogP contribution in [0.2, 0.25) is 0 Å². The molecule has 9 nitrogen and oxygen atoms in total. The van der Waals surface area contributed by atoms with Crippen LogP contribution in [0.15, 0.2) is 29.2 Å². The molecule has 0 saturated heterocycles. The van der Waals surface area contributed by atoms with Gasteiger partial charge in [-0.1, -0.05) is 30.3 Å². The number of fused-ring (bicyclic) bond motifs is 1. The minimum absolute atomic E-state index is 0.278. The van der Waals surface area contributed by atoms with E-state index in [1.807, 2.05) is 12.1 Å². The van der Waals surface area contributed by atoms with E-state index in [9.17, 15) is 4.79 Å². The molecule has 164 valence electrons. The minimum Gasteiger partial charge on any atom is -0.493 e. The number of terminal acetylenes is 1. The van der Waals surface area contributed by atoms with Gasteiger partial charge in [-0.15, -0.1) is 6.42 Å². The maximum Gasteiger partial charge on any atom is 0.399 e. The molecular formula is C19H22BN2O7PS. The minimum atomic E-state index is -1.51. The quantitative estimate of drug-likeness (QED) is 0.212. The summed E-state index contributed by atoms with van der Waals surface area (Å²) >= 11 is 4.90. The Labute approximate surface area is 187 Å². The van der Waals surface area contributed by atoms with Gasteiger partial charge in [-0.3, -0.25) is 18.6 Å². The molecule has 1 aromatic carbocycles. The Kier molecular flexibility index (Phi) is 10.2. The fourth-order valence-corrected chi connectivity index (χ4v) is 3.51. The van der Waals surface area contributed by atoms with Crippen LogP contribution in [0.5, 0.6) is 11.5 Å². The number of hydrogen-bond donors (Lipinski definition) is 2. The number of aromatic amines is 1. The van der Waals surface area contributed by atoms with Crippen LogP contribution < -0.4 is 15.0 Å². The first-order chi connectivity index (χ1) is 14.9. The maximum absolute atomic E-state index is 11.5. The first-order valence-corrected chi connectivity index (χ1v) is 10.5. The van der Waals surface area contributed by atoms with Crippen LogP contribution in [0.3, 0.4) is 0 Å². The second-order valence-corrected chi connectivity index (χ2v) is 7.55. The number of nitrogens with zero attached hydrogens (tertiary/aromatic N) is 1. The van der Waals surface area contributed by atoms with Gasteiger partial charge in [0.15, 0.2) is 18.3 Å². The Hall–Kier alpha value is -2.19. The van der Waals surface area contributed by atoms with Crippen molar-refractivity contribution < 1.29 is 28.2 Å². The molecule has 1 aromatic heterocycles. The number of H-pyrrole nitrogens is 1. The standard InChI is InChI=1S/C10H11BN2O2S.C9H11O5P/c1-3-7-6-13(5-4-8(11)15-2)10(14)12-9(7)16;1-11-8-4-2-3-7-5-12-15(13-6-10)14-9(7)8/h1,6,8H,4-5H2,2H3,(H,12,14,16);2-4,10H,5-6H2,1H3/t8-;/m0./s1. The van der Waals surface area contributed by atoms with Gasteiger partial charge in [0.25, 0.3) is 0 Å². The molecular weight excluding hydrogens is 442 g/mol. The summed E-state index contributed by atoms with van der Waals surface area (Å²) in [6, 6.07) is 5.16. The molecule has 2 atom stereocenters. The highest BCUT2D eigenvalue weighted by Crippen LogP contribution is 2.50. The summed E-state index contributed by atoms with van der Waals surface area (Å²) in [4.78, 5) is 14.0. The summed E-state index contributed by atoms with van der Waals surface area (Å²) < 4.78 is 27.3. The molecule has 0 saturated carbocycles. The van der Waals surface area contributed by atoms with Crippen LogP contribution in [0.4, 0.5) is 0 Å². The molecule has 1 aliphatic rings. The van der Waals surface area contributed by atoms with Gasteiger partial charge in [-0.25, -0.2) is 4.79 Å². The van der Waals surface area contributed by atoms with Crippen molar-refractivity contribution in [1.82, 2.24) is 9.55 Å². The van der Waals surface area contributed by atoms with Gasteiger partial charge in [0.05, 0.1) is 19.3 Å². The van der Waals surface area contributed by atoms with E-state index in [0.29, 0.717) is 36.6 Å². The van der Waals surface area contributed by atoms with E-state index >= 15 is 0 Å². The second kappa shape index (κ2) is 12.6. The van der Waals surface area contributed by atoms with Crippen molar-refractivity contribution in [2.24, 2.45) is 0 Å². The molecule has 2 aromatic rings. The van der Waals surface area contributed by atoms with Crippen molar-refractivity contribution in [3.63, 3.8) is 0 Å². The summed E-state index contributed by atoms with van der Waals surface area (Å²) in [5.74, 6) is 3.68. The predicted octanol–water partition coefficient (Wildman–Crippen LogP) is 2.22. The van der Waals surface area contributed by atoms with Crippen LogP contribution in [0.25, 0.3) is 0 Å². The molecule has 0 aliphatic carbocycles. The number of aromatic nitrogens is 2. The van der Waals surface area contributed by atoms with Gasteiger partial charge in [-0.2, -0.15) is 0 Å².